The van der Waals surface area contributed by atoms with Crippen molar-refractivity contribution in [2.24, 2.45) is 5.92 Å². The van der Waals surface area contributed by atoms with E-state index in [2.05, 4.69) is 30.3 Å². The number of likely N-dealkylation sites (N-methyl/N-ethyl adjacent to an activating group) is 1. The first kappa shape index (κ1) is 20.4. The second kappa shape index (κ2) is 11.0. The Labute approximate surface area is 158 Å². The zero-order valence-electron chi connectivity index (χ0n) is 16.2. The maximum absolute atomic E-state index is 11.8. The second-order valence-corrected chi connectivity index (χ2v) is 7.58. The highest BCUT2D eigenvalue weighted by atomic mass is 16.3. The minimum atomic E-state index is -0.358. The van der Waals surface area contributed by atoms with Crippen LogP contribution in [0, 0.1) is 5.92 Å². The highest BCUT2D eigenvalue weighted by molar-refractivity contribution is 5.87. The number of aliphatic hydroxyl groups is 1. The van der Waals surface area contributed by atoms with Crippen molar-refractivity contribution in [3.05, 3.63) is 59.7 Å². The van der Waals surface area contributed by atoms with Gasteiger partial charge in [-0.1, -0.05) is 54.5 Å². The van der Waals surface area contributed by atoms with Crippen molar-refractivity contribution < 1.29 is 9.90 Å². The summed E-state index contributed by atoms with van der Waals surface area (Å²) in [6.07, 6.45) is 13.8. The average molecular weight is 356 g/mol. The second-order valence-electron chi connectivity index (χ2n) is 7.58. The minimum Gasteiger partial charge on any atom is -0.389 e. The molecule has 1 aromatic rings. The van der Waals surface area contributed by atoms with Gasteiger partial charge in [-0.25, -0.2) is 0 Å². The van der Waals surface area contributed by atoms with E-state index in [0.29, 0.717) is 5.92 Å². The number of allylic oxidation sites excluding steroid dienone is 2. The molecule has 3 heteroatoms. The third-order valence-corrected chi connectivity index (χ3v) is 5.03. The number of benzene rings is 1. The van der Waals surface area contributed by atoms with E-state index in [1.165, 1.54) is 11.1 Å². The molecule has 142 valence electrons. The lowest BCUT2D eigenvalue weighted by Crippen LogP contribution is -2.20. The first-order valence-corrected chi connectivity index (χ1v) is 9.85. The van der Waals surface area contributed by atoms with Gasteiger partial charge in [-0.3, -0.25) is 4.79 Å². The van der Waals surface area contributed by atoms with Crippen LogP contribution in [0.4, 0.5) is 0 Å². The fourth-order valence-corrected chi connectivity index (χ4v) is 3.44. The van der Waals surface area contributed by atoms with E-state index in [4.69, 9.17) is 0 Å². The third kappa shape index (κ3) is 7.57. The Balaban J connectivity index is 1.69. The van der Waals surface area contributed by atoms with Crippen molar-refractivity contribution in [2.75, 3.05) is 14.1 Å². The molecule has 1 saturated carbocycles. The molecule has 0 radical (unpaired) electrons. The topological polar surface area (TPSA) is 40.5 Å². The van der Waals surface area contributed by atoms with Gasteiger partial charge in [0, 0.05) is 20.2 Å². The monoisotopic (exact) mass is 355 g/mol. The quantitative estimate of drug-likeness (QED) is 0.423. The molecule has 1 N–H and O–H groups in total. The molecule has 0 heterocycles. The molecule has 1 fully saturated rings. The first-order chi connectivity index (χ1) is 12.5. The fourth-order valence-electron chi connectivity index (χ4n) is 3.44. The highest BCUT2D eigenvalue weighted by Gasteiger charge is 2.16. The lowest BCUT2D eigenvalue weighted by molar-refractivity contribution is -0.123. The summed E-state index contributed by atoms with van der Waals surface area (Å²) in [6.45, 7) is 0. The van der Waals surface area contributed by atoms with Crippen LogP contribution in [-0.4, -0.2) is 36.1 Å². The summed E-state index contributed by atoms with van der Waals surface area (Å²) in [5, 5.41) is 10.2. The summed E-state index contributed by atoms with van der Waals surface area (Å²) in [6, 6.07) is 10.5. The number of aliphatic hydroxyl groups excluding tert-OH is 1. The molecule has 0 aliphatic heterocycles. The highest BCUT2D eigenvalue weighted by Crippen LogP contribution is 2.29. The van der Waals surface area contributed by atoms with E-state index >= 15 is 0 Å². The van der Waals surface area contributed by atoms with Crippen LogP contribution in [0.3, 0.4) is 0 Å². The predicted octanol–water partition coefficient (Wildman–Crippen LogP) is 4.52. The lowest BCUT2D eigenvalue weighted by atomic mass is 9.84. The van der Waals surface area contributed by atoms with Crippen molar-refractivity contribution in [1.82, 2.24) is 4.90 Å². The van der Waals surface area contributed by atoms with Gasteiger partial charge in [-0.2, -0.15) is 0 Å². The number of hydrogen-bond donors (Lipinski definition) is 1. The Morgan fingerprint density at radius 1 is 1.27 bits per heavy atom. The van der Waals surface area contributed by atoms with E-state index in [1.807, 2.05) is 12.1 Å². The normalized spacial score (nSPS) is 20.4. The zero-order chi connectivity index (χ0) is 18.8. The summed E-state index contributed by atoms with van der Waals surface area (Å²) in [5.41, 5.74) is 2.60. The number of aryl methyl sites for hydroxylation is 1. The van der Waals surface area contributed by atoms with E-state index in [0.717, 1.165) is 51.4 Å². The standard InChI is InChI=1S/C23H33NO2/c1-24(2)23(26)18-21-13-8-12-20(17-21)15-16-22(25)14-7-6-11-19-9-4-3-5-10-19/h3-5,9-10,15-16,18,20,22,25H,6-8,11-14,17H2,1-2H3/b16-15+,21-18-/t20-,22-/m1/s1. The number of carbonyl (C=O) groups is 1. The summed E-state index contributed by atoms with van der Waals surface area (Å²) in [7, 11) is 3.57. The molecule has 0 aromatic heterocycles. The van der Waals surface area contributed by atoms with Crippen LogP contribution >= 0.6 is 0 Å². The summed E-state index contributed by atoms with van der Waals surface area (Å²) < 4.78 is 0. The lowest BCUT2D eigenvalue weighted by Gasteiger charge is -2.22. The maximum atomic E-state index is 11.8. The number of carbonyl (C=O) groups excluding carboxylic acids is 1. The smallest absolute Gasteiger partial charge is 0.245 e. The summed E-state index contributed by atoms with van der Waals surface area (Å²) >= 11 is 0. The van der Waals surface area contributed by atoms with Crippen LogP contribution in [0.15, 0.2) is 54.1 Å². The zero-order valence-corrected chi connectivity index (χ0v) is 16.2. The summed E-state index contributed by atoms with van der Waals surface area (Å²) in [4.78, 5) is 13.4. The van der Waals surface area contributed by atoms with Gasteiger partial charge in [-0.15, -0.1) is 0 Å². The van der Waals surface area contributed by atoms with Gasteiger partial charge >= 0.3 is 0 Å². The number of hydrogen-bond acceptors (Lipinski definition) is 2. The number of amides is 1. The van der Waals surface area contributed by atoms with Gasteiger partial charge in [0.1, 0.15) is 0 Å². The van der Waals surface area contributed by atoms with Gasteiger partial charge in [0.2, 0.25) is 5.91 Å². The molecule has 1 aromatic carbocycles. The van der Waals surface area contributed by atoms with Crippen LogP contribution in [0.2, 0.25) is 0 Å². The van der Waals surface area contributed by atoms with Gasteiger partial charge in [0.05, 0.1) is 6.10 Å². The van der Waals surface area contributed by atoms with E-state index in [-0.39, 0.29) is 12.0 Å². The Bertz CT molecular complexity index is 604. The van der Waals surface area contributed by atoms with Gasteiger partial charge in [-0.05, 0) is 56.4 Å². The predicted molar refractivity (Wildman–Crippen MR) is 108 cm³/mol. The molecule has 1 aliphatic rings. The van der Waals surface area contributed by atoms with Crippen molar-refractivity contribution in [2.45, 2.75) is 57.5 Å². The molecular formula is C23H33NO2. The van der Waals surface area contributed by atoms with Crippen molar-refractivity contribution in [1.29, 1.82) is 0 Å². The third-order valence-electron chi connectivity index (χ3n) is 5.03. The van der Waals surface area contributed by atoms with Gasteiger partial charge < -0.3 is 10.0 Å². The van der Waals surface area contributed by atoms with Crippen molar-refractivity contribution >= 4 is 5.91 Å². The fraction of sp³-hybridized carbons (Fsp3) is 0.522. The summed E-state index contributed by atoms with van der Waals surface area (Å²) in [5.74, 6) is 0.520. The SMILES string of the molecule is CN(C)C(=O)/C=C1/CCC[C@H](/C=C/[C@H](O)CCCCc2ccccc2)C1. The molecule has 3 nitrogen and oxygen atoms in total. The van der Waals surface area contributed by atoms with Crippen LogP contribution in [-0.2, 0) is 11.2 Å². The van der Waals surface area contributed by atoms with Crippen molar-refractivity contribution in [3.8, 4) is 0 Å². The molecule has 0 spiro atoms. The number of rotatable bonds is 8. The maximum Gasteiger partial charge on any atom is 0.245 e. The molecular weight excluding hydrogens is 322 g/mol. The van der Waals surface area contributed by atoms with Crippen LogP contribution in [0.1, 0.15) is 50.5 Å². The minimum absolute atomic E-state index is 0.0723. The molecule has 1 aliphatic carbocycles. The molecule has 2 atom stereocenters. The average Bonchev–Trinajstić information content (AvgIpc) is 2.64. The Hall–Kier alpha value is -1.87. The van der Waals surface area contributed by atoms with Crippen molar-refractivity contribution in [3.63, 3.8) is 0 Å². The molecule has 0 bridgehead atoms. The Morgan fingerprint density at radius 2 is 2.04 bits per heavy atom. The molecule has 1 amide bonds. The van der Waals surface area contributed by atoms with Crippen LogP contribution < -0.4 is 0 Å². The Kier molecular flexibility index (Phi) is 8.63. The van der Waals surface area contributed by atoms with E-state index in [1.54, 1.807) is 25.1 Å². The molecule has 26 heavy (non-hydrogen) atoms. The van der Waals surface area contributed by atoms with Gasteiger partial charge in [0.15, 0.2) is 0 Å². The van der Waals surface area contributed by atoms with Crippen LogP contribution in [0.5, 0.6) is 0 Å². The first-order valence-electron chi connectivity index (χ1n) is 9.85. The largest absolute Gasteiger partial charge is 0.389 e. The number of nitrogens with zero attached hydrogens (tertiary/aromatic N) is 1. The van der Waals surface area contributed by atoms with E-state index < -0.39 is 0 Å². The van der Waals surface area contributed by atoms with Gasteiger partial charge in [0.25, 0.3) is 0 Å². The molecule has 0 unspecified atom stereocenters. The van der Waals surface area contributed by atoms with E-state index in [9.17, 15) is 9.90 Å². The Morgan fingerprint density at radius 3 is 2.77 bits per heavy atom. The number of unbranched alkanes of at least 4 members (excludes halogenated alkanes) is 1. The molecule has 2 rings (SSSR count). The van der Waals surface area contributed by atoms with Crippen LogP contribution in [0.25, 0.3) is 0 Å². The molecule has 0 saturated heterocycles.